The summed E-state index contributed by atoms with van der Waals surface area (Å²) < 4.78 is 9.99. The molecule has 1 aromatic carbocycles. The van der Waals surface area contributed by atoms with Crippen LogP contribution in [-0.4, -0.2) is 36.7 Å². The number of carbonyl (C=O) groups excluding carboxylic acids is 3. The maximum absolute atomic E-state index is 12.3. The molecule has 7 nitrogen and oxygen atoms in total. The normalized spacial score (nSPS) is 10.4. The van der Waals surface area contributed by atoms with Crippen molar-refractivity contribution in [1.82, 2.24) is 5.32 Å². The Bertz CT molecular complexity index is 656. The van der Waals surface area contributed by atoms with E-state index in [1.807, 2.05) is 19.1 Å². The zero-order chi connectivity index (χ0) is 20.3. The molecule has 0 spiro atoms. The standard InChI is InChI=1S/C20H26N2O5/c1-5-17(23)26-13-11-20(4,12-14-27-18(24)6-2)22-19(25)21-16-9-7-15(3)8-10-16/h5-10H,1-2,11-14H2,3-4H3,(H2,21,22,25). The van der Waals surface area contributed by atoms with Crippen LogP contribution in [0.25, 0.3) is 0 Å². The zero-order valence-corrected chi connectivity index (χ0v) is 15.7. The summed E-state index contributed by atoms with van der Waals surface area (Å²) in [6, 6.07) is 6.95. The molecule has 0 aliphatic rings. The number of carbonyl (C=O) groups is 3. The molecule has 7 heteroatoms. The van der Waals surface area contributed by atoms with Crippen LogP contribution in [0.4, 0.5) is 10.5 Å². The van der Waals surface area contributed by atoms with E-state index in [2.05, 4.69) is 23.8 Å². The van der Waals surface area contributed by atoms with Gasteiger partial charge in [0.05, 0.1) is 13.2 Å². The Morgan fingerprint density at radius 2 is 1.48 bits per heavy atom. The van der Waals surface area contributed by atoms with Gasteiger partial charge in [-0.2, -0.15) is 0 Å². The first kappa shape index (κ1) is 22.0. The molecule has 1 rings (SSSR count). The van der Waals surface area contributed by atoms with Gasteiger partial charge in [0.1, 0.15) is 0 Å². The van der Waals surface area contributed by atoms with E-state index in [0.29, 0.717) is 18.5 Å². The average molecular weight is 374 g/mol. The van der Waals surface area contributed by atoms with Gasteiger partial charge in [-0.25, -0.2) is 14.4 Å². The average Bonchev–Trinajstić information content (AvgIpc) is 2.63. The largest absolute Gasteiger partial charge is 0.462 e. The fraction of sp³-hybridized carbons (Fsp3) is 0.350. The maximum atomic E-state index is 12.3. The number of amides is 2. The number of urea groups is 1. The minimum absolute atomic E-state index is 0.0849. The highest BCUT2D eigenvalue weighted by Crippen LogP contribution is 2.17. The molecule has 27 heavy (non-hydrogen) atoms. The van der Waals surface area contributed by atoms with Crippen LogP contribution in [0.3, 0.4) is 0 Å². The summed E-state index contributed by atoms with van der Waals surface area (Å²) in [6.07, 6.45) is 2.81. The van der Waals surface area contributed by atoms with E-state index in [1.165, 1.54) is 0 Å². The van der Waals surface area contributed by atoms with Gasteiger partial charge in [-0.15, -0.1) is 0 Å². The van der Waals surface area contributed by atoms with Crippen LogP contribution < -0.4 is 10.6 Å². The van der Waals surface area contributed by atoms with Gasteiger partial charge in [-0.1, -0.05) is 30.9 Å². The summed E-state index contributed by atoms with van der Waals surface area (Å²) >= 11 is 0. The molecule has 2 N–H and O–H groups in total. The van der Waals surface area contributed by atoms with Gasteiger partial charge in [-0.05, 0) is 26.0 Å². The molecule has 146 valence electrons. The number of rotatable bonds is 10. The second-order valence-electron chi connectivity index (χ2n) is 6.25. The summed E-state index contributed by atoms with van der Waals surface area (Å²) in [7, 11) is 0. The number of hydrogen-bond donors (Lipinski definition) is 2. The molecule has 0 aliphatic heterocycles. The van der Waals surface area contributed by atoms with Crippen LogP contribution in [0.2, 0.25) is 0 Å². The molecule has 0 saturated carbocycles. The van der Waals surface area contributed by atoms with Crippen LogP contribution >= 0.6 is 0 Å². The molecule has 2 amide bonds. The lowest BCUT2D eigenvalue weighted by atomic mass is 9.94. The number of benzene rings is 1. The SMILES string of the molecule is C=CC(=O)OCCC(C)(CCOC(=O)C=C)NC(=O)Nc1ccc(C)cc1. The summed E-state index contributed by atoms with van der Waals surface area (Å²) in [5, 5.41) is 5.60. The van der Waals surface area contributed by atoms with Crippen LogP contribution in [0.5, 0.6) is 0 Å². The third-order valence-corrected chi connectivity index (χ3v) is 3.85. The highest BCUT2D eigenvalue weighted by molar-refractivity contribution is 5.89. The van der Waals surface area contributed by atoms with Crippen molar-refractivity contribution in [1.29, 1.82) is 0 Å². The molecule has 0 aliphatic carbocycles. The number of anilines is 1. The van der Waals surface area contributed by atoms with E-state index in [4.69, 9.17) is 9.47 Å². The fourth-order valence-electron chi connectivity index (χ4n) is 2.19. The Labute approximate surface area is 159 Å². The summed E-state index contributed by atoms with van der Waals surface area (Å²) in [6.45, 7) is 10.6. The second-order valence-corrected chi connectivity index (χ2v) is 6.25. The van der Waals surface area contributed by atoms with E-state index < -0.39 is 23.5 Å². The third kappa shape index (κ3) is 8.71. The predicted octanol–water partition coefficient (Wildman–Crippen LogP) is 3.11. The highest BCUT2D eigenvalue weighted by Gasteiger charge is 2.27. The Morgan fingerprint density at radius 1 is 1.00 bits per heavy atom. The molecule has 0 saturated heterocycles. The monoisotopic (exact) mass is 374 g/mol. The molecule has 0 heterocycles. The van der Waals surface area contributed by atoms with Crippen molar-refractivity contribution in [2.75, 3.05) is 18.5 Å². The van der Waals surface area contributed by atoms with E-state index in [9.17, 15) is 14.4 Å². The van der Waals surface area contributed by atoms with Crippen molar-refractivity contribution in [3.63, 3.8) is 0 Å². The molecule has 0 fully saturated rings. The number of nitrogens with one attached hydrogen (secondary N) is 2. The van der Waals surface area contributed by atoms with E-state index in [0.717, 1.165) is 17.7 Å². The Hall–Kier alpha value is -3.09. The summed E-state index contributed by atoms with van der Waals surface area (Å²) in [5.41, 5.74) is 0.966. The van der Waals surface area contributed by atoms with Crippen molar-refractivity contribution < 1.29 is 23.9 Å². The lowest BCUT2D eigenvalue weighted by molar-refractivity contribution is -0.138. The lowest BCUT2D eigenvalue weighted by Gasteiger charge is -2.30. The maximum Gasteiger partial charge on any atom is 0.330 e. The fourth-order valence-corrected chi connectivity index (χ4v) is 2.19. The van der Waals surface area contributed by atoms with Crippen molar-refractivity contribution >= 4 is 23.7 Å². The van der Waals surface area contributed by atoms with Crippen molar-refractivity contribution in [3.8, 4) is 0 Å². The first-order chi connectivity index (χ1) is 12.8. The Kier molecular flexibility index (Phi) is 8.78. The van der Waals surface area contributed by atoms with Crippen molar-refractivity contribution in [3.05, 3.63) is 55.1 Å². The molecule has 0 unspecified atom stereocenters. The molecular formula is C20H26N2O5. The Morgan fingerprint density at radius 3 is 1.93 bits per heavy atom. The molecule has 0 atom stereocenters. The zero-order valence-electron chi connectivity index (χ0n) is 15.7. The number of hydrogen-bond acceptors (Lipinski definition) is 5. The smallest absolute Gasteiger partial charge is 0.330 e. The number of ether oxygens (including phenoxy) is 2. The second kappa shape index (κ2) is 10.8. The quantitative estimate of drug-likeness (QED) is 0.485. The van der Waals surface area contributed by atoms with Gasteiger partial charge in [0.2, 0.25) is 0 Å². The van der Waals surface area contributed by atoms with Crippen LogP contribution in [-0.2, 0) is 19.1 Å². The summed E-state index contributed by atoms with van der Waals surface area (Å²) in [4.78, 5) is 34.8. The number of aryl methyl sites for hydroxylation is 1. The minimum Gasteiger partial charge on any atom is -0.462 e. The lowest BCUT2D eigenvalue weighted by Crippen LogP contribution is -2.49. The van der Waals surface area contributed by atoms with Crippen molar-refractivity contribution in [2.45, 2.75) is 32.2 Å². The van der Waals surface area contributed by atoms with E-state index in [1.54, 1.807) is 19.1 Å². The van der Waals surface area contributed by atoms with Gasteiger partial charge < -0.3 is 20.1 Å². The van der Waals surface area contributed by atoms with Gasteiger partial charge in [0.15, 0.2) is 0 Å². The first-order valence-corrected chi connectivity index (χ1v) is 8.52. The van der Waals surface area contributed by atoms with Crippen LogP contribution in [0, 0.1) is 6.92 Å². The topological polar surface area (TPSA) is 93.7 Å². The van der Waals surface area contributed by atoms with Gasteiger partial charge >= 0.3 is 18.0 Å². The minimum atomic E-state index is -0.766. The van der Waals surface area contributed by atoms with E-state index >= 15 is 0 Å². The first-order valence-electron chi connectivity index (χ1n) is 8.52. The molecule has 1 aromatic rings. The van der Waals surface area contributed by atoms with Crippen LogP contribution in [0.1, 0.15) is 25.3 Å². The van der Waals surface area contributed by atoms with Gasteiger partial charge in [-0.3, -0.25) is 0 Å². The Balaban J connectivity index is 2.68. The van der Waals surface area contributed by atoms with Gasteiger partial charge in [0.25, 0.3) is 0 Å². The van der Waals surface area contributed by atoms with Crippen molar-refractivity contribution in [2.24, 2.45) is 0 Å². The van der Waals surface area contributed by atoms with Crippen LogP contribution in [0.15, 0.2) is 49.6 Å². The predicted molar refractivity (Wildman–Crippen MR) is 103 cm³/mol. The summed E-state index contributed by atoms with van der Waals surface area (Å²) in [5.74, 6) is -1.08. The van der Waals surface area contributed by atoms with Gasteiger partial charge in [0, 0.05) is 36.2 Å². The number of esters is 2. The molecule has 0 bridgehead atoms. The molecule has 0 aromatic heterocycles. The third-order valence-electron chi connectivity index (χ3n) is 3.85. The highest BCUT2D eigenvalue weighted by atomic mass is 16.5. The molecular weight excluding hydrogens is 348 g/mol. The van der Waals surface area contributed by atoms with E-state index in [-0.39, 0.29) is 13.2 Å². The molecule has 0 radical (unpaired) electrons.